The fourth-order valence-corrected chi connectivity index (χ4v) is 6.94. The van der Waals surface area contributed by atoms with E-state index in [2.05, 4.69) is 0 Å². The van der Waals surface area contributed by atoms with Crippen molar-refractivity contribution in [3.63, 3.8) is 0 Å². The monoisotopic (exact) mass is 543 g/mol. The lowest BCUT2D eigenvalue weighted by atomic mass is 9.73. The van der Waals surface area contributed by atoms with Crippen LogP contribution in [0.5, 0.6) is 5.75 Å². The van der Waals surface area contributed by atoms with E-state index in [0.717, 1.165) is 5.69 Å². The minimum Gasteiger partial charge on any atom is -0.497 e. The second kappa shape index (κ2) is 9.91. The van der Waals surface area contributed by atoms with Gasteiger partial charge in [-0.3, -0.25) is 14.4 Å². The molecule has 6 rings (SSSR count). The molecule has 2 saturated heterocycles. The van der Waals surface area contributed by atoms with Crippen molar-refractivity contribution in [3.05, 3.63) is 78.9 Å². The largest absolute Gasteiger partial charge is 0.497 e. The van der Waals surface area contributed by atoms with Gasteiger partial charge in [-0.2, -0.15) is 0 Å². The summed E-state index contributed by atoms with van der Waals surface area (Å²) in [5, 5.41) is 9.93. The quantitative estimate of drug-likeness (QED) is 0.563. The maximum atomic E-state index is 14.4. The third-order valence-corrected chi connectivity index (χ3v) is 8.73. The van der Waals surface area contributed by atoms with Crippen LogP contribution in [0.1, 0.15) is 13.3 Å². The highest BCUT2D eigenvalue weighted by atomic mass is 16.5. The van der Waals surface area contributed by atoms with E-state index in [1.54, 1.807) is 41.2 Å². The molecule has 1 N–H and O–H groups in total. The second-order valence-corrected chi connectivity index (χ2v) is 10.6. The number of carbonyl (C=O) groups is 3. The van der Waals surface area contributed by atoms with Gasteiger partial charge in [-0.05, 0) is 42.8 Å². The Balaban J connectivity index is 1.47. The highest BCUT2D eigenvalue weighted by Gasteiger charge is 2.75. The number of aliphatic hydroxyl groups is 1. The molecule has 4 aliphatic rings. The summed E-state index contributed by atoms with van der Waals surface area (Å²) in [4.78, 5) is 47.7. The molecule has 0 saturated carbocycles. The number of para-hydroxylation sites is 1. The molecule has 0 radical (unpaired) electrons. The molecule has 2 aromatic rings. The number of rotatable bonds is 6. The number of fused-ring (bicyclic) bond motifs is 2. The fourth-order valence-electron chi connectivity index (χ4n) is 6.94. The molecule has 0 aliphatic carbocycles. The molecule has 5 atom stereocenters. The number of nitrogens with zero attached hydrogens (tertiary/aromatic N) is 3. The van der Waals surface area contributed by atoms with Gasteiger partial charge < -0.3 is 29.3 Å². The maximum absolute atomic E-state index is 14.4. The van der Waals surface area contributed by atoms with Crippen LogP contribution in [0.15, 0.2) is 78.9 Å². The molecule has 9 nitrogen and oxygen atoms in total. The Labute approximate surface area is 233 Å². The molecule has 4 heterocycles. The van der Waals surface area contributed by atoms with E-state index >= 15 is 0 Å². The molecule has 1 spiro atoms. The Morgan fingerprint density at radius 3 is 2.17 bits per heavy atom. The molecule has 40 heavy (non-hydrogen) atoms. The average Bonchev–Trinajstić information content (AvgIpc) is 3.26. The van der Waals surface area contributed by atoms with Crippen molar-refractivity contribution in [2.45, 2.75) is 30.6 Å². The topological polar surface area (TPSA) is 99.6 Å². The zero-order valence-electron chi connectivity index (χ0n) is 22.6. The van der Waals surface area contributed by atoms with Gasteiger partial charge in [-0.15, -0.1) is 0 Å². The first-order valence-corrected chi connectivity index (χ1v) is 13.7. The lowest BCUT2D eigenvalue weighted by Crippen LogP contribution is -2.56. The molecular formula is C31H33N3O6. The van der Waals surface area contributed by atoms with Gasteiger partial charge in [0.15, 0.2) is 0 Å². The van der Waals surface area contributed by atoms with Crippen LogP contribution in [0, 0.1) is 11.8 Å². The highest BCUT2D eigenvalue weighted by Crippen LogP contribution is 2.58. The normalized spacial score (nSPS) is 31.1. The van der Waals surface area contributed by atoms with Crippen molar-refractivity contribution in [2.75, 3.05) is 43.2 Å². The van der Waals surface area contributed by atoms with E-state index in [1.807, 2.05) is 61.6 Å². The number of benzene rings is 2. The summed E-state index contributed by atoms with van der Waals surface area (Å²) in [6.45, 7) is 2.20. The van der Waals surface area contributed by atoms with E-state index in [-0.39, 0.29) is 37.4 Å². The Morgan fingerprint density at radius 2 is 1.52 bits per heavy atom. The van der Waals surface area contributed by atoms with Gasteiger partial charge in [-0.1, -0.05) is 49.4 Å². The van der Waals surface area contributed by atoms with E-state index in [9.17, 15) is 19.5 Å². The summed E-state index contributed by atoms with van der Waals surface area (Å²) in [5.74, 6) is -2.01. The van der Waals surface area contributed by atoms with Gasteiger partial charge >= 0.3 is 0 Å². The second-order valence-electron chi connectivity index (χ2n) is 10.6. The van der Waals surface area contributed by atoms with Crippen molar-refractivity contribution in [1.29, 1.82) is 0 Å². The SMILES string of the molecule is CC[C@@]12C=CCN(c3ccccc3)C(=O)[C@@H]1[C@H]1C(=O)N(CCO)C3C(=O)N(c4ccc(OC)cc4)CC=C[C@@]31O2. The molecule has 3 amide bonds. The first-order valence-electron chi connectivity index (χ1n) is 13.7. The van der Waals surface area contributed by atoms with Crippen LogP contribution in [-0.4, -0.2) is 78.3 Å². The molecular weight excluding hydrogens is 510 g/mol. The first-order chi connectivity index (χ1) is 19.4. The minimum atomic E-state index is -1.37. The van der Waals surface area contributed by atoms with Crippen LogP contribution in [0.4, 0.5) is 11.4 Å². The van der Waals surface area contributed by atoms with Crippen LogP contribution in [0.2, 0.25) is 0 Å². The molecule has 2 fully saturated rings. The lowest BCUT2D eigenvalue weighted by molar-refractivity contribution is -0.146. The summed E-state index contributed by atoms with van der Waals surface area (Å²) < 4.78 is 12.2. The Kier molecular flexibility index (Phi) is 6.51. The maximum Gasteiger partial charge on any atom is 0.253 e. The number of anilines is 2. The highest BCUT2D eigenvalue weighted by molar-refractivity contribution is 6.07. The van der Waals surface area contributed by atoms with Gasteiger partial charge in [0.05, 0.1) is 31.2 Å². The average molecular weight is 544 g/mol. The van der Waals surface area contributed by atoms with Gasteiger partial charge in [0, 0.05) is 31.0 Å². The number of amides is 3. The summed E-state index contributed by atoms with van der Waals surface area (Å²) in [6.07, 6.45) is 7.95. The van der Waals surface area contributed by atoms with Crippen molar-refractivity contribution < 1.29 is 29.0 Å². The van der Waals surface area contributed by atoms with Crippen LogP contribution < -0.4 is 14.5 Å². The standard InChI is InChI=1S/C31H33N3O6/c1-3-30-15-7-17-32(21-9-5-4-6-10-21)27(36)24(30)25-28(37)34(19-20-35)26-29(38)33(18-8-16-31(25,26)40-30)22-11-13-23(39-2)14-12-22/h4-16,24-26,35H,3,17-20H2,1-2H3/t24-,25-,26?,30+,31-/m0/s1. The predicted molar refractivity (Wildman–Crippen MR) is 149 cm³/mol. The Hall–Kier alpha value is -3.95. The summed E-state index contributed by atoms with van der Waals surface area (Å²) >= 11 is 0. The Morgan fingerprint density at radius 1 is 0.875 bits per heavy atom. The zero-order valence-corrected chi connectivity index (χ0v) is 22.6. The van der Waals surface area contributed by atoms with Crippen LogP contribution in [0.3, 0.4) is 0 Å². The fraction of sp³-hybridized carbons (Fsp3) is 0.387. The summed E-state index contributed by atoms with van der Waals surface area (Å²) in [6, 6.07) is 15.5. The van der Waals surface area contributed by atoms with Gasteiger partial charge in [-0.25, -0.2) is 0 Å². The van der Waals surface area contributed by atoms with E-state index < -0.39 is 29.1 Å². The molecule has 4 aliphatic heterocycles. The first kappa shape index (κ1) is 26.3. The van der Waals surface area contributed by atoms with Crippen molar-refractivity contribution in [3.8, 4) is 5.75 Å². The lowest BCUT2D eigenvalue weighted by Gasteiger charge is -2.38. The van der Waals surface area contributed by atoms with E-state index in [4.69, 9.17) is 9.47 Å². The van der Waals surface area contributed by atoms with Crippen LogP contribution >= 0.6 is 0 Å². The van der Waals surface area contributed by atoms with Crippen LogP contribution in [0.25, 0.3) is 0 Å². The Bertz CT molecular complexity index is 1380. The number of β-amino-alcohol motifs (C(OH)–C–C–N with tert-alkyl or cyclic N) is 1. The smallest absolute Gasteiger partial charge is 0.253 e. The van der Waals surface area contributed by atoms with Crippen molar-refractivity contribution >= 4 is 29.1 Å². The number of methoxy groups -OCH3 is 1. The minimum absolute atomic E-state index is 0.0422. The molecule has 9 heteroatoms. The van der Waals surface area contributed by atoms with Gasteiger partial charge in [0.2, 0.25) is 11.8 Å². The molecule has 2 aromatic carbocycles. The third-order valence-electron chi connectivity index (χ3n) is 8.73. The predicted octanol–water partition coefficient (Wildman–Crippen LogP) is 2.55. The van der Waals surface area contributed by atoms with Crippen molar-refractivity contribution in [1.82, 2.24) is 4.90 Å². The molecule has 208 valence electrons. The van der Waals surface area contributed by atoms with Crippen LogP contribution in [-0.2, 0) is 19.1 Å². The van der Waals surface area contributed by atoms with E-state index in [0.29, 0.717) is 24.4 Å². The summed E-state index contributed by atoms with van der Waals surface area (Å²) in [7, 11) is 1.58. The number of likely N-dealkylation sites (tertiary alicyclic amines) is 1. The number of carbonyl (C=O) groups excluding carboxylic acids is 3. The molecule has 0 aromatic heterocycles. The number of aliphatic hydroxyl groups excluding tert-OH is 1. The van der Waals surface area contributed by atoms with Crippen molar-refractivity contribution in [2.24, 2.45) is 11.8 Å². The van der Waals surface area contributed by atoms with Gasteiger partial charge in [0.1, 0.15) is 17.4 Å². The summed E-state index contributed by atoms with van der Waals surface area (Å²) in [5.41, 5.74) is -1.05. The third kappa shape index (κ3) is 3.72. The number of hydrogen-bond acceptors (Lipinski definition) is 6. The van der Waals surface area contributed by atoms with Gasteiger partial charge in [0.25, 0.3) is 5.91 Å². The zero-order chi connectivity index (χ0) is 28.1. The molecule has 1 unspecified atom stereocenters. The number of ether oxygens (including phenoxy) is 2. The molecule has 0 bridgehead atoms. The van der Waals surface area contributed by atoms with E-state index in [1.165, 1.54) is 4.90 Å². The number of hydrogen-bond donors (Lipinski definition) is 1.